The van der Waals surface area contributed by atoms with Crippen molar-refractivity contribution in [3.8, 4) is 0 Å². The van der Waals surface area contributed by atoms with Crippen LogP contribution in [0.4, 0.5) is 0 Å². The fourth-order valence-electron chi connectivity index (χ4n) is 2.30. The van der Waals surface area contributed by atoms with Gasteiger partial charge in [-0.15, -0.1) is 0 Å². The Kier molecular flexibility index (Phi) is 2.25. The average Bonchev–Trinajstić information content (AvgIpc) is 2.84. The second-order valence-corrected chi connectivity index (χ2v) is 4.88. The maximum atomic E-state index is 5.87. The van der Waals surface area contributed by atoms with Crippen molar-refractivity contribution in [1.82, 2.24) is 15.1 Å². The van der Waals surface area contributed by atoms with Crippen LogP contribution in [0.5, 0.6) is 0 Å². The van der Waals surface area contributed by atoms with E-state index in [1.807, 2.05) is 0 Å². The van der Waals surface area contributed by atoms with Gasteiger partial charge in [0.15, 0.2) is 0 Å². The Morgan fingerprint density at radius 1 is 1.47 bits per heavy atom. The maximum Gasteiger partial charge on any atom is 0.0656 e. The highest BCUT2D eigenvalue weighted by Crippen LogP contribution is 2.39. The first-order valence-corrected chi connectivity index (χ1v) is 5.83. The van der Waals surface area contributed by atoms with E-state index >= 15 is 0 Å². The normalized spacial score (nSPS) is 27.4. The molecule has 2 heterocycles. The second-order valence-electron chi connectivity index (χ2n) is 4.88. The molecule has 1 aromatic heterocycles. The summed E-state index contributed by atoms with van der Waals surface area (Å²) in [4.78, 5) is 2.40. The zero-order valence-electron chi connectivity index (χ0n) is 8.95. The molecule has 82 valence electrons. The third-order valence-corrected chi connectivity index (χ3v) is 3.35. The molecular weight excluding hydrogens is 188 g/mol. The lowest BCUT2D eigenvalue weighted by atomic mass is 10.2. The number of H-pyrrole nitrogens is 1. The predicted molar refractivity (Wildman–Crippen MR) is 58.4 cm³/mol. The Morgan fingerprint density at radius 2 is 2.33 bits per heavy atom. The van der Waals surface area contributed by atoms with E-state index in [1.165, 1.54) is 24.2 Å². The van der Waals surface area contributed by atoms with Gasteiger partial charge in [0.25, 0.3) is 0 Å². The summed E-state index contributed by atoms with van der Waals surface area (Å²) in [5, 5.41) is 7.49. The van der Waals surface area contributed by atoms with E-state index in [2.05, 4.69) is 21.2 Å². The minimum absolute atomic E-state index is 0.371. The van der Waals surface area contributed by atoms with Crippen LogP contribution in [-0.4, -0.2) is 34.2 Å². The highest BCUT2D eigenvalue weighted by Gasteiger charge is 2.26. The standard InChI is InChI=1S/C11H18N4/c12-9-3-4-15(6-9)7-10-5-11(14-13-10)8-1-2-8/h5,8-9H,1-4,6-7,12H2,(H,13,14)/t9-/m1/s1. The fourth-order valence-corrected chi connectivity index (χ4v) is 2.30. The smallest absolute Gasteiger partial charge is 0.0656 e. The van der Waals surface area contributed by atoms with Gasteiger partial charge < -0.3 is 5.73 Å². The van der Waals surface area contributed by atoms with Crippen molar-refractivity contribution in [3.05, 3.63) is 17.5 Å². The molecule has 1 aliphatic heterocycles. The van der Waals surface area contributed by atoms with Gasteiger partial charge in [-0.05, 0) is 25.3 Å². The first-order valence-electron chi connectivity index (χ1n) is 5.83. The van der Waals surface area contributed by atoms with Gasteiger partial charge in [-0.25, -0.2) is 0 Å². The Balaban J connectivity index is 1.61. The number of nitrogens with zero attached hydrogens (tertiary/aromatic N) is 2. The van der Waals surface area contributed by atoms with E-state index in [0.717, 1.165) is 32.0 Å². The van der Waals surface area contributed by atoms with Gasteiger partial charge in [0.2, 0.25) is 0 Å². The lowest BCUT2D eigenvalue weighted by Crippen LogP contribution is -2.26. The van der Waals surface area contributed by atoms with Gasteiger partial charge in [0.05, 0.1) is 5.69 Å². The monoisotopic (exact) mass is 206 g/mol. The molecule has 0 aromatic carbocycles. The largest absolute Gasteiger partial charge is 0.326 e. The molecule has 1 atom stereocenters. The molecule has 1 saturated carbocycles. The molecule has 2 aliphatic rings. The minimum Gasteiger partial charge on any atom is -0.326 e. The van der Waals surface area contributed by atoms with Crippen LogP contribution in [0.3, 0.4) is 0 Å². The van der Waals surface area contributed by atoms with E-state index in [1.54, 1.807) is 0 Å². The molecule has 0 amide bonds. The summed E-state index contributed by atoms with van der Waals surface area (Å²) in [6.45, 7) is 3.13. The summed E-state index contributed by atoms with van der Waals surface area (Å²) in [5.41, 5.74) is 8.37. The zero-order valence-corrected chi connectivity index (χ0v) is 8.95. The van der Waals surface area contributed by atoms with Crippen molar-refractivity contribution in [2.45, 2.75) is 37.8 Å². The molecule has 3 rings (SSSR count). The number of hydrogen-bond acceptors (Lipinski definition) is 3. The van der Waals surface area contributed by atoms with Crippen LogP contribution < -0.4 is 5.73 Å². The minimum atomic E-state index is 0.371. The lowest BCUT2D eigenvalue weighted by molar-refractivity contribution is 0.322. The van der Waals surface area contributed by atoms with Crippen LogP contribution in [0.1, 0.15) is 36.6 Å². The molecule has 0 radical (unpaired) electrons. The molecule has 0 spiro atoms. The molecule has 1 saturated heterocycles. The number of hydrogen-bond donors (Lipinski definition) is 2. The number of nitrogens with two attached hydrogens (primary N) is 1. The SMILES string of the molecule is N[C@@H]1CCN(Cc2cc(C3CC3)n[nH]2)C1. The molecule has 3 N–H and O–H groups in total. The summed E-state index contributed by atoms with van der Waals surface area (Å²) in [5.74, 6) is 0.746. The van der Waals surface area contributed by atoms with Crippen molar-refractivity contribution >= 4 is 0 Å². The van der Waals surface area contributed by atoms with Crippen molar-refractivity contribution in [2.75, 3.05) is 13.1 Å². The quantitative estimate of drug-likeness (QED) is 0.770. The maximum absolute atomic E-state index is 5.87. The second kappa shape index (κ2) is 3.61. The number of aromatic amines is 1. The molecule has 0 bridgehead atoms. The van der Waals surface area contributed by atoms with Crippen LogP contribution in [0.25, 0.3) is 0 Å². The number of rotatable bonds is 3. The average molecular weight is 206 g/mol. The van der Waals surface area contributed by atoms with Crippen LogP contribution in [0, 0.1) is 0 Å². The fraction of sp³-hybridized carbons (Fsp3) is 0.727. The van der Waals surface area contributed by atoms with E-state index in [4.69, 9.17) is 5.73 Å². The molecule has 1 aromatic rings. The third-order valence-electron chi connectivity index (χ3n) is 3.35. The van der Waals surface area contributed by atoms with Gasteiger partial charge in [-0.3, -0.25) is 10.00 Å². The molecule has 0 unspecified atom stereocenters. The highest BCUT2D eigenvalue weighted by atomic mass is 15.2. The lowest BCUT2D eigenvalue weighted by Gasteiger charge is -2.12. The third kappa shape index (κ3) is 2.06. The highest BCUT2D eigenvalue weighted by molar-refractivity contribution is 5.17. The molecule has 4 heteroatoms. The zero-order chi connectivity index (χ0) is 10.3. The van der Waals surface area contributed by atoms with Gasteiger partial charge in [-0.1, -0.05) is 0 Å². The molecule has 15 heavy (non-hydrogen) atoms. The first kappa shape index (κ1) is 9.36. The summed E-state index contributed by atoms with van der Waals surface area (Å²) in [6, 6.07) is 2.59. The summed E-state index contributed by atoms with van der Waals surface area (Å²) < 4.78 is 0. The van der Waals surface area contributed by atoms with Crippen LogP contribution >= 0.6 is 0 Å². The Labute approximate surface area is 89.8 Å². The van der Waals surface area contributed by atoms with Gasteiger partial charge in [0.1, 0.15) is 0 Å². The van der Waals surface area contributed by atoms with E-state index in [9.17, 15) is 0 Å². The molecule has 4 nitrogen and oxygen atoms in total. The van der Waals surface area contributed by atoms with E-state index < -0.39 is 0 Å². The Bertz CT molecular complexity index is 342. The Morgan fingerprint density at radius 3 is 3.00 bits per heavy atom. The topological polar surface area (TPSA) is 57.9 Å². The molecule has 1 aliphatic carbocycles. The van der Waals surface area contributed by atoms with E-state index in [0.29, 0.717) is 6.04 Å². The first-order chi connectivity index (χ1) is 7.31. The molecular formula is C11H18N4. The number of aromatic nitrogens is 2. The van der Waals surface area contributed by atoms with Gasteiger partial charge in [0, 0.05) is 37.3 Å². The van der Waals surface area contributed by atoms with Crippen LogP contribution in [0.15, 0.2) is 6.07 Å². The summed E-state index contributed by atoms with van der Waals surface area (Å²) >= 11 is 0. The summed E-state index contributed by atoms with van der Waals surface area (Å²) in [6.07, 6.45) is 3.77. The van der Waals surface area contributed by atoms with Crippen molar-refractivity contribution in [3.63, 3.8) is 0 Å². The summed E-state index contributed by atoms with van der Waals surface area (Å²) in [7, 11) is 0. The van der Waals surface area contributed by atoms with Gasteiger partial charge >= 0.3 is 0 Å². The Hall–Kier alpha value is -0.870. The van der Waals surface area contributed by atoms with E-state index in [-0.39, 0.29) is 0 Å². The van der Waals surface area contributed by atoms with Crippen LogP contribution in [-0.2, 0) is 6.54 Å². The number of nitrogens with one attached hydrogen (secondary N) is 1. The van der Waals surface area contributed by atoms with Gasteiger partial charge in [-0.2, -0.15) is 5.10 Å². The molecule has 2 fully saturated rings. The van der Waals surface area contributed by atoms with Crippen molar-refractivity contribution in [1.29, 1.82) is 0 Å². The van der Waals surface area contributed by atoms with Crippen molar-refractivity contribution in [2.24, 2.45) is 5.73 Å². The number of likely N-dealkylation sites (tertiary alicyclic amines) is 1. The van der Waals surface area contributed by atoms with Crippen molar-refractivity contribution < 1.29 is 0 Å². The predicted octanol–water partition coefficient (Wildman–Crippen LogP) is 0.820. The van der Waals surface area contributed by atoms with Crippen LogP contribution in [0.2, 0.25) is 0 Å².